The molecule has 5 aliphatic heterocycles. The van der Waals surface area contributed by atoms with E-state index in [1.54, 1.807) is 0 Å². The summed E-state index contributed by atoms with van der Waals surface area (Å²) < 4.78 is 20.9. The lowest BCUT2D eigenvalue weighted by Crippen LogP contribution is -2.76. The standard InChI is InChI=1S/C23H35N3O4.C2H4O2/c1-4-17-9-5-6-12-22(30-17)14-16-10-11-18-19(20(27)28-3)23(13-7-8-15(2)29-23)25-21(24-22)26(16)18;1-2(3)4/h5,9,15-19H,4,6-8,10-14H2,1-3H3,(H,24,25);1H3,(H,3,4)/t15-,16+,17+,18-,19+,22+,23-;/m1./s1. The molecule has 34 heavy (non-hydrogen) atoms. The Morgan fingerprint density at radius 3 is 2.68 bits per heavy atom. The largest absolute Gasteiger partial charge is 0.550 e. The van der Waals surface area contributed by atoms with Crippen LogP contribution in [0.25, 0.3) is 0 Å². The van der Waals surface area contributed by atoms with Gasteiger partial charge in [-0.3, -0.25) is 9.37 Å². The van der Waals surface area contributed by atoms with Crippen LogP contribution in [0.1, 0.15) is 78.6 Å². The van der Waals surface area contributed by atoms with E-state index in [1.165, 1.54) is 7.11 Å². The van der Waals surface area contributed by atoms with E-state index >= 15 is 0 Å². The number of guanidine groups is 1. The zero-order valence-corrected chi connectivity index (χ0v) is 20.8. The molecular weight excluding hydrogens is 438 g/mol. The molecule has 2 N–H and O–H groups in total. The molecule has 0 aromatic heterocycles. The minimum Gasteiger partial charge on any atom is -0.550 e. The number of methoxy groups -OCH3 is 1. The Bertz CT molecular complexity index is 856. The Labute approximate surface area is 201 Å². The highest BCUT2D eigenvalue weighted by Gasteiger charge is 2.64. The maximum absolute atomic E-state index is 13.0. The Morgan fingerprint density at radius 2 is 2.00 bits per heavy atom. The predicted octanol–water partition coefficient (Wildman–Crippen LogP) is 1.15. The van der Waals surface area contributed by atoms with Gasteiger partial charge in [0.1, 0.15) is 0 Å². The van der Waals surface area contributed by atoms with Crippen LogP contribution in [0.15, 0.2) is 12.2 Å². The van der Waals surface area contributed by atoms with Gasteiger partial charge in [-0.25, -0.2) is 10.6 Å². The molecule has 0 aromatic carbocycles. The predicted molar refractivity (Wildman–Crippen MR) is 123 cm³/mol. The van der Waals surface area contributed by atoms with Crippen molar-refractivity contribution in [3.63, 3.8) is 0 Å². The smallest absolute Gasteiger partial charge is 0.350 e. The van der Waals surface area contributed by atoms with Crippen LogP contribution < -0.4 is 15.7 Å². The molecule has 0 amide bonds. The second-order valence-corrected chi connectivity index (χ2v) is 10.2. The van der Waals surface area contributed by atoms with Gasteiger partial charge in [-0.2, -0.15) is 0 Å². The molecule has 0 bridgehead atoms. The fraction of sp³-hybridized carbons (Fsp3) is 0.800. The summed E-state index contributed by atoms with van der Waals surface area (Å²) in [6.07, 6.45) is 13.5. The van der Waals surface area contributed by atoms with Crippen molar-refractivity contribution in [3.8, 4) is 0 Å². The van der Waals surface area contributed by atoms with Crippen molar-refractivity contribution < 1.29 is 33.5 Å². The molecule has 2 fully saturated rings. The van der Waals surface area contributed by atoms with Gasteiger partial charge in [-0.1, -0.05) is 19.1 Å². The number of carbonyl (C=O) groups excluding carboxylic acids is 2. The van der Waals surface area contributed by atoms with E-state index < -0.39 is 11.7 Å². The first-order valence-electron chi connectivity index (χ1n) is 12.7. The quantitative estimate of drug-likeness (QED) is 0.346. The minimum absolute atomic E-state index is 0.0970. The molecule has 5 rings (SSSR count). The van der Waals surface area contributed by atoms with Crippen molar-refractivity contribution in [3.05, 3.63) is 12.2 Å². The lowest BCUT2D eigenvalue weighted by molar-refractivity contribution is -0.609. The average molecular weight is 478 g/mol. The molecule has 9 heteroatoms. The monoisotopic (exact) mass is 477 g/mol. The minimum atomic E-state index is -1.08. The SMILES string of the molecule is CC(=O)[O-].CC[C@H]1C=CCC[C@@]2(C[C@@H]3CC[C@@H]4[C@@H](C(=O)OC)[C@]5(CCC[C@@H](C)O5)NC(=[N+]34)N2)O1. The summed E-state index contributed by atoms with van der Waals surface area (Å²) >= 11 is 0. The van der Waals surface area contributed by atoms with Gasteiger partial charge in [-0.05, 0) is 52.4 Å². The number of allylic oxidation sites excluding steroid dienone is 1. The van der Waals surface area contributed by atoms with Gasteiger partial charge >= 0.3 is 11.9 Å². The summed E-state index contributed by atoms with van der Waals surface area (Å²) in [5.74, 6) is -0.586. The van der Waals surface area contributed by atoms with E-state index in [-0.39, 0.29) is 35.9 Å². The molecular formula is C25H39N3O6. The van der Waals surface area contributed by atoms with Crippen molar-refractivity contribution in [1.82, 2.24) is 10.6 Å². The first-order chi connectivity index (χ1) is 16.2. The van der Waals surface area contributed by atoms with Crippen LogP contribution in [0.4, 0.5) is 0 Å². The fourth-order valence-electron chi connectivity index (χ4n) is 6.52. The number of hydrogen-bond acceptors (Lipinski definition) is 8. The third-order valence-corrected chi connectivity index (χ3v) is 7.80. The molecule has 0 saturated carbocycles. The van der Waals surface area contributed by atoms with E-state index in [4.69, 9.17) is 24.1 Å². The number of hydrogen-bond donors (Lipinski definition) is 2. The Kier molecular flexibility index (Phi) is 7.24. The summed E-state index contributed by atoms with van der Waals surface area (Å²) in [5, 5.41) is 16.4. The van der Waals surface area contributed by atoms with Gasteiger partial charge in [0.05, 0.1) is 31.4 Å². The van der Waals surface area contributed by atoms with Crippen LogP contribution in [0, 0.1) is 5.92 Å². The van der Waals surface area contributed by atoms with Crippen LogP contribution in [0.3, 0.4) is 0 Å². The summed E-state index contributed by atoms with van der Waals surface area (Å²) in [4.78, 5) is 21.9. The molecule has 0 unspecified atom stereocenters. The molecule has 0 aliphatic carbocycles. The van der Waals surface area contributed by atoms with E-state index in [2.05, 4.69) is 41.2 Å². The van der Waals surface area contributed by atoms with Crippen molar-refractivity contribution in [2.24, 2.45) is 5.92 Å². The number of esters is 1. The Balaban J connectivity index is 0.000000636. The molecule has 190 valence electrons. The highest BCUT2D eigenvalue weighted by molar-refractivity contribution is 5.82. The number of nitrogens with one attached hydrogen (secondary N) is 2. The maximum atomic E-state index is 13.0. The summed E-state index contributed by atoms with van der Waals surface area (Å²) in [7, 11) is 1.49. The topological polar surface area (TPSA) is 112 Å². The third kappa shape index (κ3) is 4.69. The van der Waals surface area contributed by atoms with Gasteiger partial charge in [0.25, 0.3) is 0 Å². The number of carbonyl (C=O) groups is 2. The van der Waals surface area contributed by atoms with E-state index in [9.17, 15) is 4.79 Å². The van der Waals surface area contributed by atoms with Crippen LogP contribution >= 0.6 is 0 Å². The third-order valence-electron chi connectivity index (χ3n) is 7.80. The summed E-state index contributed by atoms with van der Waals surface area (Å²) in [5.41, 5.74) is -1.09. The van der Waals surface area contributed by atoms with Gasteiger partial charge in [-0.15, -0.1) is 0 Å². The van der Waals surface area contributed by atoms with Gasteiger partial charge in [0.2, 0.25) is 5.72 Å². The van der Waals surface area contributed by atoms with Crippen LogP contribution in [-0.4, -0.2) is 65.3 Å². The van der Waals surface area contributed by atoms with E-state index in [0.29, 0.717) is 6.04 Å². The van der Waals surface area contributed by atoms with Crippen LogP contribution in [-0.2, 0) is 23.8 Å². The number of rotatable bonds is 2. The van der Waals surface area contributed by atoms with Gasteiger partial charge in [0.15, 0.2) is 11.6 Å². The second kappa shape index (κ2) is 9.85. The number of carboxylic acids is 1. The molecule has 2 saturated heterocycles. The van der Waals surface area contributed by atoms with Crippen molar-refractivity contribution >= 4 is 17.9 Å². The fourth-order valence-corrected chi connectivity index (χ4v) is 6.52. The highest BCUT2D eigenvalue weighted by atomic mass is 16.5. The summed E-state index contributed by atoms with van der Waals surface area (Å²) in [6, 6.07) is 0.458. The van der Waals surface area contributed by atoms with Crippen molar-refractivity contribution in [1.29, 1.82) is 0 Å². The number of carboxylic acid groups (broad SMARTS) is 1. The van der Waals surface area contributed by atoms with Crippen molar-refractivity contribution in [2.45, 2.75) is 114 Å². The number of ether oxygens (including phenoxy) is 3. The molecule has 9 nitrogen and oxygen atoms in total. The number of nitrogens with zero attached hydrogens (tertiary/aromatic N) is 1. The number of aliphatic carboxylic acids is 1. The van der Waals surface area contributed by atoms with Crippen LogP contribution in [0.5, 0.6) is 0 Å². The maximum Gasteiger partial charge on any atom is 0.350 e. The Morgan fingerprint density at radius 1 is 1.24 bits per heavy atom. The Hall–Kier alpha value is -2.13. The zero-order chi connectivity index (χ0) is 24.5. The molecule has 5 aliphatic rings. The second-order valence-electron chi connectivity index (χ2n) is 10.2. The van der Waals surface area contributed by atoms with E-state index in [0.717, 1.165) is 70.7 Å². The normalized spacial score (nSPS) is 40.4. The lowest BCUT2D eigenvalue weighted by atomic mass is 9.80. The van der Waals surface area contributed by atoms with Crippen molar-refractivity contribution in [2.75, 3.05) is 7.11 Å². The van der Waals surface area contributed by atoms with Gasteiger partial charge in [0, 0.05) is 25.2 Å². The first-order valence-corrected chi connectivity index (χ1v) is 12.7. The van der Waals surface area contributed by atoms with Gasteiger partial charge < -0.3 is 24.1 Å². The molecule has 7 atom stereocenters. The lowest BCUT2D eigenvalue weighted by Gasteiger charge is -2.50. The molecule has 5 heterocycles. The zero-order valence-electron chi connectivity index (χ0n) is 20.8. The molecule has 0 radical (unpaired) electrons. The average Bonchev–Trinajstić information content (AvgIpc) is 3.08. The first kappa shape index (κ1) is 25.0. The molecule has 0 aromatic rings. The van der Waals surface area contributed by atoms with E-state index in [1.807, 2.05) is 0 Å². The molecule has 2 spiro atoms. The summed E-state index contributed by atoms with van der Waals surface area (Å²) in [6.45, 7) is 5.25. The highest BCUT2D eigenvalue weighted by Crippen LogP contribution is 2.45. The van der Waals surface area contributed by atoms with Crippen LogP contribution in [0.2, 0.25) is 0 Å².